The highest BCUT2D eigenvalue weighted by Gasteiger charge is 2.37. The Bertz CT molecular complexity index is 415. The summed E-state index contributed by atoms with van der Waals surface area (Å²) < 4.78 is 0. The molecule has 0 heterocycles. The summed E-state index contributed by atoms with van der Waals surface area (Å²) in [7, 11) is 0. The van der Waals surface area contributed by atoms with Crippen LogP contribution in [0.15, 0.2) is 30.3 Å². The first kappa shape index (κ1) is 13.2. The van der Waals surface area contributed by atoms with Crippen molar-refractivity contribution in [3.8, 4) is 0 Å². The lowest BCUT2D eigenvalue weighted by atomic mass is 9.83. The lowest BCUT2D eigenvalue weighted by molar-refractivity contribution is -0.132. The molecule has 1 unspecified atom stereocenters. The summed E-state index contributed by atoms with van der Waals surface area (Å²) in [6, 6.07) is 7.91. The molecule has 0 aliphatic rings. The van der Waals surface area contributed by atoms with Crippen LogP contribution in [0.3, 0.4) is 0 Å². The molecule has 0 saturated heterocycles. The fourth-order valence-electron chi connectivity index (χ4n) is 1.22. The lowest BCUT2D eigenvalue weighted by Crippen LogP contribution is -2.53. The van der Waals surface area contributed by atoms with E-state index in [9.17, 15) is 9.59 Å². The standard InChI is InChI=1S/C12H17N3O2/c1-12(2,11(14)17)9(13)10(16)15-8-6-4-3-5-7-8/h3-7,9H,13H2,1-2H3,(H2,14,17)(H,15,16). The minimum absolute atomic E-state index is 0.431. The van der Waals surface area contributed by atoms with E-state index in [2.05, 4.69) is 5.32 Å². The maximum absolute atomic E-state index is 11.8. The molecule has 0 aromatic heterocycles. The molecular weight excluding hydrogens is 218 g/mol. The SMILES string of the molecule is CC(C)(C(N)=O)C(N)C(=O)Nc1ccccc1. The molecule has 0 bridgehead atoms. The van der Waals surface area contributed by atoms with Gasteiger partial charge in [-0.05, 0) is 26.0 Å². The predicted octanol–water partition coefficient (Wildman–Crippen LogP) is 0.464. The number of benzene rings is 1. The number of nitrogens with two attached hydrogens (primary N) is 2. The van der Waals surface area contributed by atoms with Crippen LogP contribution in [0.5, 0.6) is 0 Å². The van der Waals surface area contributed by atoms with Crippen LogP contribution >= 0.6 is 0 Å². The highest BCUT2D eigenvalue weighted by atomic mass is 16.2. The third kappa shape index (κ3) is 3.04. The highest BCUT2D eigenvalue weighted by molar-refractivity contribution is 5.99. The number of amides is 2. The summed E-state index contributed by atoms with van der Waals surface area (Å²) in [5.41, 5.74) is 10.5. The summed E-state index contributed by atoms with van der Waals surface area (Å²) in [6.07, 6.45) is 0. The number of hydrogen-bond donors (Lipinski definition) is 3. The molecule has 1 rings (SSSR count). The molecule has 5 N–H and O–H groups in total. The van der Waals surface area contributed by atoms with Gasteiger partial charge in [-0.15, -0.1) is 0 Å². The van der Waals surface area contributed by atoms with Crippen molar-refractivity contribution in [2.24, 2.45) is 16.9 Å². The number of primary amides is 1. The van der Waals surface area contributed by atoms with Gasteiger partial charge in [-0.2, -0.15) is 0 Å². The van der Waals surface area contributed by atoms with E-state index in [1.807, 2.05) is 6.07 Å². The van der Waals surface area contributed by atoms with Crippen LogP contribution < -0.4 is 16.8 Å². The van der Waals surface area contributed by atoms with Gasteiger partial charge in [0.05, 0.1) is 11.5 Å². The van der Waals surface area contributed by atoms with Crippen molar-refractivity contribution in [3.05, 3.63) is 30.3 Å². The van der Waals surface area contributed by atoms with E-state index in [4.69, 9.17) is 11.5 Å². The number of rotatable bonds is 4. The molecule has 0 spiro atoms. The lowest BCUT2D eigenvalue weighted by Gasteiger charge is -2.26. The number of nitrogens with one attached hydrogen (secondary N) is 1. The van der Waals surface area contributed by atoms with Crippen molar-refractivity contribution >= 4 is 17.5 Å². The first-order valence-electron chi connectivity index (χ1n) is 5.27. The van der Waals surface area contributed by atoms with Gasteiger partial charge >= 0.3 is 0 Å². The van der Waals surface area contributed by atoms with E-state index in [0.29, 0.717) is 5.69 Å². The summed E-state index contributed by atoms with van der Waals surface area (Å²) in [4.78, 5) is 23.0. The molecule has 17 heavy (non-hydrogen) atoms. The van der Waals surface area contributed by atoms with Gasteiger partial charge in [0.2, 0.25) is 11.8 Å². The Morgan fingerprint density at radius 2 is 1.76 bits per heavy atom. The minimum Gasteiger partial charge on any atom is -0.369 e. The first-order valence-corrected chi connectivity index (χ1v) is 5.27. The van der Waals surface area contributed by atoms with Crippen molar-refractivity contribution in [2.75, 3.05) is 5.32 Å². The van der Waals surface area contributed by atoms with Crippen LogP contribution in [-0.4, -0.2) is 17.9 Å². The fourth-order valence-corrected chi connectivity index (χ4v) is 1.22. The minimum atomic E-state index is -1.08. The zero-order valence-corrected chi connectivity index (χ0v) is 9.94. The Balaban J connectivity index is 2.75. The van der Waals surface area contributed by atoms with Crippen molar-refractivity contribution in [2.45, 2.75) is 19.9 Å². The molecule has 0 radical (unpaired) electrons. The maximum atomic E-state index is 11.8. The first-order chi connectivity index (χ1) is 7.85. The molecule has 0 fully saturated rings. The van der Waals surface area contributed by atoms with E-state index in [1.54, 1.807) is 38.1 Å². The molecule has 0 saturated carbocycles. The van der Waals surface area contributed by atoms with Gasteiger partial charge < -0.3 is 16.8 Å². The molecule has 5 nitrogen and oxygen atoms in total. The second-order valence-electron chi connectivity index (χ2n) is 4.42. The summed E-state index contributed by atoms with van der Waals surface area (Å²) in [5.74, 6) is -1.03. The second-order valence-corrected chi connectivity index (χ2v) is 4.42. The van der Waals surface area contributed by atoms with Gasteiger partial charge in [-0.1, -0.05) is 18.2 Å². The van der Waals surface area contributed by atoms with Gasteiger partial charge in [0.25, 0.3) is 0 Å². The second kappa shape index (κ2) is 4.97. The summed E-state index contributed by atoms with van der Waals surface area (Å²) in [6.45, 7) is 3.09. The quantitative estimate of drug-likeness (QED) is 0.707. The number of hydrogen-bond acceptors (Lipinski definition) is 3. The Morgan fingerprint density at radius 1 is 1.24 bits per heavy atom. The van der Waals surface area contributed by atoms with Crippen molar-refractivity contribution in [1.29, 1.82) is 0 Å². The van der Waals surface area contributed by atoms with Crippen LogP contribution in [0, 0.1) is 5.41 Å². The highest BCUT2D eigenvalue weighted by Crippen LogP contribution is 2.19. The molecule has 0 aliphatic heterocycles. The third-order valence-corrected chi connectivity index (χ3v) is 2.74. The number of carbonyl (C=O) groups excluding carboxylic acids is 2. The molecular formula is C12H17N3O2. The fraction of sp³-hybridized carbons (Fsp3) is 0.333. The Morgan fingerprint density at radius 3 is 2.24 bits per heavy atom. The molecule has 0 aliphatic carbocycles. The largest absolute Gasteiger partial charge is 0.369 e. The van der Waals surface area contributed by atoms with Crippen molar-refractivity contribution in [3.63, 3.8) is 0 Å². The Labute approximate surface area is 100 Å². The Kier molecular flexibility index (Phi) is 3.85. The number of carbonyl (C=O) groups is 2. The van der Waals surface area contributed by atoms with E-state index in [0.717, 1.165) is 0 Å². The van der Waals surface area contributed by atoms with Crippen molar-refractivity contribution < 1.29 is 9.59 Å². The molecule has 2 amide bonds. The zero-order valence-electron chi connectivity index (χ0n) is 9.94. The van der Waals surface area contributed by atoms with Crippen LogP contribution in [0.4, 0.5) is 5.69 Å². The zero-order chi connectivity index (χ0) is 13.1. The number of para-hydroxylation sites is 1. The van der Waals surface area contributed by atoms with Crippen LogP contribution in [0.2, 0.25) is 0 Å². The predicted molar refractivity (Wildman–Crippen MR) is 66.0 cm³/mol. The molecule has 5 heteroatoms. The van der Waals surface area contributed by atoms with Gasteiger partial charge in [0.15, 0.2) is 0 Å². The Hall–Kier alpha value is -1.88. The molecule has 1 atom stereocenters. The normalized spacial score (nSPS) is 12.9. The summed E-state index contributed by atoms with van der Waals surface area (Å²) >= 11 is 0. The smallest absolute Gasteiger partial charge is 0.242 e. The summed E-state index contributed by atoms with van der Waals surface area (Å²) in [5, 5.41) is 2.63. The van der Waals surface area contributed by atoms with Crippen LogP contribution in [0.1, 0.15) is 13.8 Å². The van der Waals surface area contributed by atoms with E-state index >= 15 is 0 Å². The molecule has 1 aromatic rings. The average Bonchev–Trinajstić information content (AvgIpc) is 2.29. The average molecular weight is 235 g/mol. The number of anilines is 1. The third-order valence-electron chi connectivity index (χ3n) is 2.74. The van der Waals surface area contributed by atoms with Crippen LogP contribution in [0.25, 0.3) is 0 Å². The van der Waals surface area contributed by atoms with Gasteiger partial charge in [-0.25, -0.2) is 0 Å². The molecule has 1 aromatic carbocycles. The van der Waals surface area contributed by atoms with Crippen molar-refractivity contribution in [1.82, 2.24) is 0 Å². The molecule has 92 valence electrons. The van der Waals surface area contributed by atoms with E-state index in [1.165, 1.54) is 0 Å². The monoisotopic (exact) mass is 235 g/mol. The van der Waals surface area contributed by atoms with Gasteiger partial charge in [0, 0.05) is 5.69 Å². The van der Waals surface area contributed by atoms with E-state index in [-0.39, 0.29) is 0 Å². The van der Waals surface area contributed by atoms with Gasteiger partial charge in [0.1, 0.15) is 0 Å². The maximum Gasteiger partial charge on any atom is 0.242 e. The van der Waals surface area contributed by atoms with E-state index < -0.39 is 23.3 Å². The van der Waals surface area contributed by atoms with Crippen LogP contribution in [-0.2, 0) is 9.59 Å². The topological polar surface area (TPSA) is 98.2 Å². The van der Waals surface area contributed by atoms with Gasteiger partial charge in [-0.3, -0.25) is 9.59 Å².